The minimum absolute atomic E-state index is 0.286. The largest absolute Gasteiger partial charge is 0.364 e. The predicted molar refractivity (Wildman–Crippen MR) is 124 cm³/mol. The quantitative estimate of drug-likeness (QED) is 0.545. The Morgan fingerprint density at radius 3 is 2.57 bits per heavy atom. The van der Waals surface area contributed by atoms with Gasteiger partial charge in [0.25, 0.3) is 0 Å². The van der Waals surface area contributed by atoms with Crippen LogP contribution in [0.25, 0.3) is 0 Å². The van der Waals surface area contributed by atoms with Gasteiger partial charge in [-0.05, 0) is 19.8 Å². The first-order chi connectivity index (χ1) is 14.8. The summed E-state index contributed by atoms with van der Waals surface area (Å²) < 4.78 is 4.97. The zero-order chi connectivity index (χ0) is 20.7. The Hall–Kier alpha value is -1.25. The number of aromatic nitrogens is 1. The van der Waals surface area contributed by atoms with Crippen molar-refractivity contribution >= 4 is 17.7 Å². The van der Waals surface area contributed by atoms with Crippen molar-refractivity contribution in [3.63, 3.8) is 0 Å². The van der Waals surface area contributed by atoms with Crippen molar-refractivity contribution in [1.29, 1.82) is 0 Å². The van der Waals surface area contributed by atoms with Gasteiger partial charge in [-0.1, -0.05) is 24.4 Å². The maximum atomic E-state index is 5.25. The van der Waals surface area contributed by atoms with Gasteiger partial charge in [0.1, 0.15) is 6.26 Å². The SMILES string of the molecule is CCNC(=NCC1(N2CCSCC2)CCCCC1)N1CCN(Cc2ccon2)CC1. The van der Waals surface area contributed by atoms with Gasteiger partial charge in [-0.2, -0.15) is 11.8 Å². The average molecular weight is 435 g/mol. The van der Waals surface area contributed by atoms with E-state index in [2.05, 4.69) is 43.9 Å². The number of nitrogens with one attached hydrogen (secondary N) is 1. The summed E-state index contributed by atoms with van der Waals surface area (Å²) in [7, 11) is 0. The first-order valence-corrected chi connectivity index (χ1v) is 12.9. The van der Waals surface area contributed by atoms with Crippen molar-refractivity contribution in [2.24, 2.45) is 4.99 Å². The fraction of sp³-hybridized carbons (Fsp3) is 0.818. The Balaban J connectivity index is 1.38. The highest BCUT2D eigenvalue weighted by molar-refractivity contribution is 7.99. The molecule has 1 saturated carbocycles. The molecule has 0 radical (unpaired) electrons. The molecule has 1 aromatic rings. The molecular weight excluding hydrogens is 396 g/mol. The lowest BCUT2D eigenvalue weighted by molar-refractivity contribution is 0.0667. The molecule has 0 spiro atoms. The minimum atomic E-state index is 0.286. The molecule has 3 aliphatic rings. The molecule has 0 unspecified atom stereocenters. The summed E-state index contributed by atoms with van der Waals surface area (Å²) in [5, 5.41) is 7.63. The van der Waals surface area contributed by atoms with Crippen molar-refractivity contribution in [3.05, 3.63) is 18.0 Å². The van der Waals surface area contributed by atoms with Crippen molar-refractivity contribution in [1.82, 2.24) is 25.2 Å². The second kappa shape index (κ2) is 10.9. The molecule has 8 heteroatoms. The number of aliphatic imine (C=N–C) groups is 1. The molecule has 4 rings (SSSR count). The topological polar surface area (TPSA) is 60.1 Å². The Kier molecular flexibility index (Phi) is 7.95. The number of piperazine rings is 1. The molecule has 0 bridgehead atoms. The minimum Gasteiger partial charge on any atom is -0.364 e. The predicted octanol–water partition coefficient (Wildman–Crippen LogP) is 2.51. The number of thioether (sulfide) groups is 1. The normalized spacial score (nSPS) is 24.2. The number of nitrogens with zero attached hydrogens (tertiary/aromatic N) is 5. The van der Waals surface area contributed by atoms with Crippen LogP contribution in [0.1, 0.15) is 44.7 Å². The van der Waals surface area contributed by atoms with E-state index in [1.54, 1.807) is 6.26 Å². The summed E-state index contributed by atoms with van der Waals surface area (Å²) in [6.07, 6.45) is 8.39. The number of guanidine groups is 1. The number of rotatable bonds is 6. The lowest BCUT2D eigenvalue weighted by Gasteiger charge is -2.47. The highest BCUT2D eigenvalue weighted by Crippen LogP contribution is 2.35. The van der Waals surface area contributed by atoms with Gasteiger partial charge >= 0.3 is 0 Å². The molecule has 0 aromatic carbocycles. The van der Waals surface area contributed by atoms with Crippen LogP contribution in [0, 0.1) is 0 Å². The van der Waals surface area contributed by atoms with Crippen LogP contribution in [0.3, 0.4) is 0 Å². The van der Waals surface area contributed by atoms with Crippen LogP contribution in [-0.2, 0) is 6.54 Å². The summed E-state index contributed by atoms with van der Waals surface area (Å²) in [4.78, 5) is 12.9. The molecule has 1 aliphatic carbocycles. The average Bonchev–Trinajstić information content (AvgIpc) is 3.32. The van der Waals surface area contributed by atoms with Gasteiger partial charge in [0, 0.05) is 75.5 Å². The molecule has 30 heavy (non-hydrogen) atoms. The smallest absolute Gasteiger partial charge is 0.194 e. The lowest BCUT2D eigenvalue weighted by Crippen LogP contribution is -2.56. The summed E-state index contributed by atoms with van der Waals surface area (Å²) >= 11 is 2.10. The molecule has 2 saturated heterocycles. The lowest BCUT2D eigenvalue weighted by atomic mass is 9.80. The fourth-order valence-electron chi connectivity index (χ4n) is 5.14. The highest BCUT2D eigenvalue weighted by atomic mass is 32.2. The van der Waals surface area contributed by atoms with Gasteiger partial charge in [-0.15, -0.1) is 0 Å². The van der Waals surface area contributed by atoms with Crippen LogP contribution in [0.2, 0.25) is 0 Å². The third-order valence-corrected chi connectivity index (χ3v) is 7.82. The maximum absolute atomic E-state index is 5.25. The van der Waals surface area contributed by atoms with E-state index in [0.717, 1.165) is 57.5 Å². The summed E-state index contributed by atoms with van der Waals surface area (Å²) in [5.74, 6) is 3.66. The Morgan fingerprint density at radius 1 is 1.13 bits per heavy atom. The first-order valence-electron chi connectivity index (χ1n) is 11.8. The van der Waals surface area contributed by atoms with Crippen LogP contribution < -0.4 is 5.32 Å². The zero-order valence-electron chi connectivity index (χ0n) is 18.5. The van der Waals surface area contributed by atoms with Gasteiger partial charge in [0.2, 0.25) is 0 Å². The first kappa shape index (κ1) is 22.0. The fourth-order valence-corrected chi connectivity index (χ4v) is 6.04. The molecule has 3 fully saturated rings. The van der Waals surface area contributed by atoms with Crippen LogP contribution in [0.4, 0.5) is 0 Å². The van der Waals surface area contributed by atoms with Crippen molar-refractivity contribution < 1.29 is 4.52 Å². The highest BCUT2D eigenvalue weighted by Gasteiger charge is 2.38. The van der Waals surface area contributed by atoms with Crippen LogP contribution in [0.5, 0.6) is 0 Å². The number of hydrogen-bond donors (Lipinski definition) is 1. The van der Waals surface area contributed by atoms with Gasteiger partial charge < -0.3 is 14.7 Å². The monoisotopic (exact) mass is 434 g/mol. The van der Waals surface area contributed by atoms with Gasteiger partial charge in [0.05, 0.1) is 12.2 Å². The van der Waals surface area contributed by atoms with Gasteiger partial charge in [-0.25, -0.2) is 0 Å². The summed E-state index contributed by atoms with van der Waals surface area (Å²) in [5.41, 5.74) is 1.30. The van der Waals surface area contributed by atoms with Gasteiger partial charge in [-0.3, -0.25) is 14.8 Å². The van der Waals surface area contributed by atoms with Crippen LogP contribution in [-0.4, -0.2) is 95.2 Å². The van der Waals surface area contributed by atoms with Crippen molar-refractivity contribution in [2.45, 2.75) is 51.1 Å². The molecule has 2 aliphatic heterocycles. The summed E-state index contributed by atoms with van der Waals surface area (Å²) in [6, 6.07) is 1.96. The Bertz CT molecular complexity index is 647. The molecule has 1 aromatic heterocycles. The van der Waals surface area contributed by atoms with Crippen LogP contribution in [0.15, 0.2) is 21.8 Å². The maximum Gasteiger partial charge on any atom is 0.194 e. The Labute approximate surface area is 185 Å². The standard InChI is InChI=1S/C22H38N6OS/c1-2-23-21(27-11-9-26(10-12-27)18-20-6-15-29-25-20)24-19-22(7-4-3-5-8-22)28-13-16-30-17-14-28/h6,15H,2-5,7-14,16-19H2,1H3,(H,23,24). The Morgan fingerprint density at radius 2 is 1.90 bits per heavy atom. The van der Waals surface area contributed by atoms with E-state index in [0.29, 0.717) is 0 Å². The molecule has 0 atom stereocenters. The van der Waals surface area contributed by atoms with E-state index in [1.807, 2.05) is 6.07 Å². The molecule has 168 valence electrons. The van der Waals surface area contributed by atoms with E-state index in [4.69, 9.17) is 9.52 Å². The zero-order valence-corrected chi connectivity index (χ0v) is 19.3. The van der Waals surface area contributed by atoms with E-state index in [9.17, 15) is 0 Å². The van der Waals surface area contributed by atoms with E-state index >= 15 is 0 Å². The van der Waals surface area contributed by atoms with Crippen molar-refractivity contribution in [3.8, 4) is 0 Å². The molecular formula is C22H38N6OS. The third kappa shape index (κ3) is 5.51. The van der Waals surface area contributed by atoms with Gasteiger partial charge in [0.15, 0.2) is 5.96 Å². The summed E-state index contributed by atoms with van der Waals surface area (Å²) in [6.45, 7) is 11.5. The second-order valence-corrected chi connectivity index (χ2v) is 10.0. The molecule has 3 heterocycles. The van der Waals surface area contributed by atoms with E-state index in [-0.39, 0.29) is 5.54 Å². The second-order valence-electron chi connectivity index (χ2n) is 8.81. The third-order valence-electron chi connectivity index (χ3n) is 6.87. The van der Waals surface area contributed by atoms with E-state index < -0.39 is 0 Å². The van der Waals surface area contributed by atoms with Crippen LogP contribution >= 0.6 is 11.8 Å². The molecule has 7 nitrogen and oxygen atoms in total. The number of hydrogen-bond acceptors (Lipinski definition) is 6. The molecule has 0 amide bonds. The molecule has 1 N–H and O–H groups in total. The van der Waals surface area contributed by atoms with E-state index in [1.165, 1.54) is 56.7 Å². The van der Waals surface area contributed by atoms with Crippen molar-refractivity contribution in [2.75, 3.05) is 63.9 Å².